The van der Waals surface area contributed by atoms with E-state index < -0.39 is 11.7 Å². The van der Waals surface area contributed by atoms with Crippen molar-refractivity contribution < 1.29 is 13.2 Å². The highest BCUT2D eigenvalue weighted by atomic mass is 19.4. The number of aromatic nitrogens is 1. The van der Waals surface area contributed by atoms with E-state index in [2.05, 4.69) is 4.98 Å². The Bertz CT molecular complexity index is 610. The fraction of sp³-hybridized carbons (Fsp3) is 0.312. The summed E-state index contributed by atoms with van der Waals surface area (Å²) in [6.45, 7) is 0.597. The van der Waals surface area contributed by atoms with Gasteiger partial charge < -0.3 is 4.90 Å². The first-order valence-corrected chi connectivity index (χ1v) is 6.91. The molecule has 1 aromatic heterocycles. The number of halogens is 3. The minimum atomic E-state index is -4.38. The maximum atomic E-state index is 13.2. The highest BCUT2D eigenvalue weighted by Gasteiger charge is 2.38. The van der Waals surface area contributed by atoms with Crippen LogP contribution >= 0.6 is 0 Å². The molecule has 2 nitrogen and oxygen atoms in total. The molecule has 2 heterocycles. The monoisotopic (exact) mass is 292 g/mol. The van der Waals surface area contributed by atoms with Gasteiger partial charge in [-0.2, -0.15) is 13.2 Å². The molecule has 3 rings (SSSR count). The third-order valence-corrected chi connectivity index (χ3v) is 3.80. The molecule has 0 saturated carbocycles. The summed E-state index contributed by atoms with van der Waals surface area (Å²) in [5.74, 6) is 0.0383. The average Bonchev–Trinajstić information content (AvgIpc) is 2.96. The van der Waals surface area contributed by atoms with Gasteiger partial charge in [0.1, 0.15) is 5.82 Å². The number of nitrogens with zero attached hydrogens (tertiary/aromatic N) is 2. The second-order valence-corrected chi connectivity index (χ2v) is 5.13. The van der Waals surface area contributed by atoms with Gasteiger partial charge >= 0.3 is 6.18 Å². The van der Waals surface area contributed by atoms with Crippen LogP contribution in [0.5, 0.6) is 0 Å². The Kier molecular flexibility index (Phi) is 3.57. The van der Waals surface area contributed by atoms with Crippen LogP contribution in [0.25, 0.3) is 0 Å². The first-order valence-electron chi connectivity index (χ1n) is 6.91. The summed E-state index contributed by atoms with van der Waals surface area (Å²) < 4.78 is 39.5. The lowest BCUT2D eigenvalue weighted by molar-refractivity contribution is -0.137. The summed E-state index contributed by atoms with van der Waals surface area (Å²) in [4.78, 5) is 5.78. The molecule has 110 valence electrons. The number of hydrogen-bond donors (Lipinski definition) is 0. The topological polar surface area (TPSA) is 16.1 Å². The van der Waals surface area contributed by atoms with E-state index in [1.165, 1.54) is 12.3 Å². The molecule has 0 aliphatic carbocycles. The number of anilines is 1. The summed E-state index contributed by atoms with van der Waals surface area (Å²) in [6, 6.07) is 12.0. The predicted octanol–water partition coefficient (Wildman–Crippen LogP) is 4.44. The predicted molar refractivity (Wildman–Crippen MR) is 75.0 cm³/mol. The maximum absolute atomic E-state index is 13.2. The number of rotatable bonds is 2. The zero-order chi connectivity index (χ0) is 14.9. The molecule has 1 saturated heterocycles. The van der Waals surface area contributed by atoms with Crippen LogP contribution in [0.15, 0.2) is 48.7 Å². The second kappa shape index (κ2) is 5.39. The Morgan fingerprint density at radius 3 is 2.52 bits per heavy atom. The van der Waals surface area contributed by atoms with Gasteiger partial charge in [0.2, 0.25) is 0 Å². The quantitative estimate of drug-likeness (QED) is 0.813. The zero-order valence-electron chi connectivity index (χ0n) is 11.3. The molecule has 1 aliphatic heterocycles. The van der Waals surface area contributed by atoms with E-state index in [0.717, 1.165) is 24.5 Å². The van der Waals surface area contributed by atoms with E-state index in [-0.39, 0.29) is 11.9 Å². The summed E-state index contributed by atoms with van der Waals surface area (Å²) in [5, 5.41) is 0. The highest BCUT2D eigenvalue weighted by Crippen LogP contribution is 2.41. The van der Waals surface area contributed by atoms with Gasteiger partial charge in [0, 0.05) is 12.7 Å². The van der Waals surface area contributed by atoms with E-state index >= 15 is 0 Å². The van der Waals surface area contributed by atoms with Crippen molar-refractivity contribution in [1.82, 2.24) is 4.98 Å². The Labute approximate surface area is 121 Å². The summed E-state index contributed by atoms with van der Waals surface area (Å²) >= 11 is 0. The minimum Gasteiger partial charge on any atom is -0.349 e. The van der Waals surface area contributed by atoms with E-state index in [9.17, 15) is 13.2 Å². The molecule has 1 fully saturated rings. The summed E-state index contributed by atoms with van der Waals surface area (Å²) in [6.07, 6.45) is -1.25. The van der Waals surface area contributed by atoms with Gasteiger partial charge in [-0.25, -0.2) is 4.98 Å². The van der Waals surface area contributed by atoms with Gasteiger partial charge in [-0.1, -0.05) is 30.3 Å². The lowest BCUT2D eigenvalue weighted by Gasteiger charge is -2.28. The van der Waals surface area contributed by atoms with Crippen LogP contribution in [0.2, 0.25) is 0 Å². The van der Waals surface area contributed by atoms with Crippen molar-refractivity contribution >= 4 is 5.82 Å². The molecule has 0 spiro atoms. The van der Waals surface area contributed by atoms with Gasteiger partial charge in [0.25, 0.3) is 0 Å². The number of benzene rings is 1. The van der Waals surface area contributed by atoms with Crippen LogP contribution in [0.4, 0.5) is 19.0 Å². The lowest BCUT2D eigenvalue weighted by Crippen LogP contribution is -2.26. The van der Waals surface area contributed by atoms with Crippen molar-refractivity contribution in [3.05, 3.63) is 59.8 Å². The van der Waals surface area contributed by atoms with Crippen molar-refractivity contribution in [3.63, 3.8) is 0 Å². The Hall–Kier alpha value is -2.04. The van der Waals surface area contributed by atoms with Crippen LogP contribution in [-0.4, -0.2) is 11.5 Å². The number of alkyl halides is 3. The summed E-state index contributed by atoms with van der Waals surface area (Å²) in [7, 11) is 0. The van der Waals surface area contributed by atoms with Crippen LogP contribution in [0, 0.1) is 0 Å². The molecule has 1 aromatic carbocycles. The standard InChI is InChI=1S/C16H15F3N2/c17-16(18,19)13-8-4-10-20-15(13)21-11-5-9-14(21)12-6-2-1-3-7-12/h1-4,6-8,10,14H,5,9,11H2. The largest absolute Gasteiger partial charge is 0.419 e. The third-order valence-electron chi connectivity index (χ3n) is 3.80. The maximum Gasteiger partial charge on any atom is 0.419 e. The van der Waals surface area contributed by atoms with Gasteiger partial charge in [-0.05, 0) is 30.5 Å². The van der Waals surface area contributed by atoms with Crippen molar-refractivity contribution in [2.24, 2.45) is 0 Å². The van der Waals surface area contributed by atoms with Crippen molar-refractivity contribution in [2.45, 2.75) is 25.1 Å². The van der Waals surface area contributed by atoms with Crippen LogP contribution < -0.4 is 4.90 Å². The van der Waals surface area contributed by atoms with Crippen molar-refractivity contribution in [2.75, 3.05) is 11.4 Å². The van der Waals surface area contributed by atoms with Gasteiger partial charge in [-0.3, -0.25) is 0 Å². The first kappa shape index (κ1) is 13.9. The average molecular weight is 292 g/mol. The van der Waals surface area contributed by atoms with Crippen LogP contribution in [0.1, 0.15) is 30.0 Å². The highest BCUT2D eigenvalue weighted by molar-refractivity contribution is 5.51. The fourth-order valence-corrected chi connectivity index (χ4v) is 2.89. The van der Waals surface area contributed by atoms with E-state index in [4.69, 9.17) is 0 Å². The minimum absolute atomic E-state index is 0.0383. The molecule has 0 N–H and O–H groups in total. The van der Waals surface area contributed by atoms with Gasteiger partial charge in [0.05, 0.1) is 11.6 Å². The normalized spacial score (nSPS) is 19.0. The molecule has 21 heavy (non-hydrogen) atoms. The SMILES string of the molecule is FC(F)(F)c1cccnc1N1CCCC1c1ccccc1. The molecule has 0 bridgehead atoms. The van der Waals surface area contributed by atoms with Crippen molar-refractivity contribution in [3.8, 4) is 0 Å². The fourth-order valence-electron chi connectivity index (χ4n) is 2.89. The Balaban J connectivity index is 2.00. The van der Waals surface area contributed by atoms with Gasteiger partial charge in [0.15, 0.2) is 0 Å². The van der Waals surface area contributed by atoms with E-state index in [1.54, 1.807) is 4.90 Å². The Morgan fingerprint density at radius 1 is 1.05 bits per heavy atom. The molecule has 0 amide bonds. The van der Waals surface area contributed by atoms with Crippen LogP contribution in [-0.2, 0) is 6.18 Å². The van der Waals surface area contributed by atoms with Crippen LogP contribution in [0.3, 0.4) is 0 Å². The molecule has 0 radical (unpaired) electrons. The Morgan fingerprint density at radius 2 is 1.81 bits per heavy atom. The number of pyridine rings is 1. The second-order valence-electron chi connectivity index (χ2n) is 5.13. The van der Waals surface area contributed by atoms with E-state index in [1.807, 2.05) is 30.3 Å². The first-order chi connectivity index (χ1) is 10.1. The molecule has 2 aromatic rings. The third kappa shape index (κ3) is 2.73. The van der Waals surface area contributed by atoms with E-state index in [0.29, 0.717) is 6.54 Å². The molecular weight excluding hydrogens is 277 g/mol. The lowest BCUT2D eigenvalue weighted by atomic mass is 10.0. The molecule has 1 aliphatic rings. The van der Waals surface area contributed by atoms with Gasteiger partial charge in [-0.15, -0.1) is 0 Å². The molecular formula is C16H15F3N2. The smallest absolute Gasteiger partial charge is 0.349 e. The molecule has 1 atom stereocenters. The van der Waals surface area contributed by atoms with Crippen molar-refractivity contribution in [1.29, 1.82) is 0 Å². The molecule has 1 unspecified atom stereocenters. The zero-order valence-corrected chi connectivity index (χ0v) is 11.3. The number of hydrogen-bond acceptors (Lipinski definition) is 2. The molecule has 5 heteroatoms. The summed E-state index contributed by atoms with van der Waals surface area (Å²) in [5.41, 5.74) is 0.376.